The molecule has 3 N–H and O–H groups in total. The Hall–Kier alpha value is -1.39. The Labute approximate surface area is 102 Å². The number of hydrogen-bond acceptors (Lipinski definition) is 3. The predicted molar refractivity (Wildman–Crippen MR) is 68.9 cm³/mol. The van der Waals surface area contributed by atoms with Crippen molar-refractivity contribution in [1.82, 2.24) is 0 Å². The van der Waals surface area contributed by atoms with E-state index in [4.69, 9.17) is 10.5 Å². The topological polar surface area (TPSA) is 64.4 Å². The molecule has 0 radical (unpaired) electrons. The number of rotatable bonds is 6. The van der Waals surface area contributed by atoms with Gasteiger partial charge in [0.05, 0.1) is 12.6 Å². The standard InChI is InChI=1S/C13H20N2O2/c1-3-11(14)13(16)15-12-7-5-4-6-10(12)8-9-17-2/h4-7,11H,3,8-9,14H2,1-2H3,(H,15,16). The first-order valence-corrected chi connectivity index (χ1v) is 5.82. The predicted octanol–water partition coefficient (Wildman–Crippen LogP) is 1.55. The summed E-state index contributed by atoms with van der Waals surface area (Å²) in [7, 11) is 1.66. The molecule has 0 aliphatic carbocycles. The van der Waals surface area contributed by atoms with Gasteiger partial charge in [-0.15, -0.1) is 0 Å². The number of ether oxygens (including phenoxy) is 1. The van der Waals surface area contributed by atoms with Gasteiger partial charge in [0.2, 0.25) is 5.91 Å². The maximum absolute atomic E-state index is 11.7. The van der Waals surface area contributed by atoms with Gasteiger partial charge in [-0.05, 0) is 24.5 Å². The molecule has 0 aromatic heterocycles. The summed E-state index contributed by atoms with van der Waals surface area (Å²) in [5.74, 6) is -0.141. The zero-order valence-corrected chi connectivity index (χ0v) is 10.4. The number of nitrogens with two attached hydrogens (primary N) is 1. The van der Waals surface area contributed by atoms with Crippen LogP contribution < -0.4 is 11.1 Å². The number of nitrogens with one attached hydrogen (secondary N) is 1. The second-order valence-corrected chi connectivity index (χ2v) is 3.90. The average Bonchev–Trinajstić information content (AvgIpc) is 2.36. The first kappa shape index (κ1) is 13.7. The van der Waals surface area contributed by atoms with Crippen LogP contribution in [0.15, 0.2) is 24.3 Å². The number of para-hydroxylation sites is 1. The molecule has 4 heteroatoms. The van der Waals surface area contributed by atoms with Crippen LogP contribution in [0.25, 0.3) is 0 Å². The smallest absolute Gasteiger partial charge is 0.241 e. The molecule has 1 atom stereocenters. The second kappa shape index (κ2) is 7.04. The Morgan fingerprint density at radius 3 is 2.82 bits per heavy atom. The third kappa shape index (κ3) is 4.17. The van der Waals surface area contributed by atoms with Crippen molar-refractivity contribution in [3.05, 3.63) is 29.8 Å². The van der Waals surface area contributed by atoms with Gasteiger partial charge in [0, 0.05) is 12.8 Å². The van der Waals surface area contributed by atoms with Gasteiger partial charge in [-0.1, -0.05) is 25.1 Å². The normalized spacial score (nSPS) is 12.2. The van der Waals surface area contributed by atoms with E-state index in [0.717, 1.165) is 17.7 Å². The van der Waals surface area contributed by atoms with Crippen LogP contribution >= 0.6 is 0 Å². The van der Waals surface area contributed by atoms with Crippen LogP contribution in [0.4, 0.5) is 5.69 Å². The largest absolute Gasteiger partial charge is 0.384 e. The molecule has 0 fully saturated rings. The zero-order valence-electron chi connectivity index (χ0n) is 10.4. The Kier molecular flexibility index (Phi) is 5.66. The van der Waals surface area contributed by atoms with Crippen LogP contribution in [-0.2, 0) is 16.0 Å². The SMILES string of the molecule is CCC(N)C(=O)Nc1ccccc1CCOC. The van der Waals surface area contributed by atoms with Gasteiger partial charge in [-0.2, -0.15) is 0 Å². The van der Waals surface area contributed by atoms with Crippen molar-refractivity contribution in [2.24, 2.45) is 5.73 Å². The lowest BCUT2D eigenvalue weighted by molar-refractivity contribution is -0.117. The van der Waals surface area contributed by atoms with E-state index in [-0.39, 0.29) is 5.91 Å². The van der Waals surface area contributed by atoms with Gasteiger partial charge in [0.1, 0.15) is 0 Å². The van der Waals surface area contributed by atoms with E-state index in [1.165, 1.54) is 0 Å². The van der Waals surface area contributed by atoms with Crippen LogP contribution in [0.3, 0.4) is 0 Å². The Morgan fingerprint density at radius 1 is 1.47 bits per heavy atom. The summed E-state index contributed by atoms with van der Waals surface area (Å²) in [5.41, 5.74) is 7.56. The highest BCUT2D eigenvalue weighted by Gasteiger charge is 2.12. The Morgan fingerprint density at radius 2 is 2.18 bits per heavy atom. The molecule has 1 aromatic carbocycles. The number of methoxy groups -OCH3 is 1. The second-order valence-electron chi connectivity index (χ2n) is 3.90. The maximum Gasteiger partial charge on any atom is 0.241 e. The molecule has 1 unspecified atom stereocenters. The maximum atomic E-state index is 11.7. The van der Waals surface area contributed by atoms with E-state index >= 15 is 0 Å². The van der Waals surface area contributed by atoms with Gasteiger partial charge < -0.3 is 15.8 Å². The van der Waals surface area contributed by atoms with Gasteiger partial charge in [-0.25, -0.2) is 0 Å². The first-order chi connectivity index (χ1) is 8.19. The van der Waals surface area contributed by atoms with Crippen LogP contribution in [-0.4, -0.2) is 25.7 Å². The summed E-state index contributed by atoms with van der Waals surface area (Å²) in [6.07, 6.45) is 1.40. The number of anilines is 1. The molecule has 1 amide bonds. The van der Waals surface area contributed by atoms with E-state index in [9.17, 15) is 4.79 Å². The van der Waals surface area contributed by atoms with Crippen LogP contribution in [0.2, 0.25) is 0 Å². The van der Waals surface area contributed by atoms with E-state index in [2.05, 4.69) is 5.32 Å². The summed E-state index contributed by atoms with van der Waals surface area (Å²) in [6, 6.07) is 7.24. The molecule has 94 valence electrons. The van der Waals surface area contributed by atoms with Crippen LogP contribution in [0.1, 0.15) is 18.9 Å². The van der Waals surface area contributed by atoms with Crippen molar-refractivity contribution in [2.45, 2.75) is 25.8 Å². The minimum absolute atomic E-state index is 0.141. The minimum atomic E-state index is -0.453. The van der Waals surface area contributed by atoms with Crippen molar-refractivity contribution in [3.8, 4) is 0 Å². The Bertz CT molecular complexity index is 366. The Balaban J connectivity index is 2.72. The monoisotopic (exact) mass is 236 g/mol. The fraction of sp³-hybridized carbons (Fsp3) is 0.462. The number of hydrogen-bond donors (Lipinski definition) is 2. The zero-order chi connectivity index (χ0) is 12.7. The fourth-order valence-corrected chi connectivity index (χ4v) is 1.48. The van der Waals surface area contributed by atoms with Gasteiger partial charge >= 0.3 is 0 Å². The molecule has 0 heterocycles. The van der Waals surface area contributed by atoms with E-state index < -0.39 is 6.04 Å². The third-order valence-electron chi connectivity index (χ3n) is 2.63. The lowest BCUT2D eigenvalue weighted by atomic mass is 10.1. The lowest BCUT2D eigenvalue weighted by Gasteiger charge is -2.13. The van der Waals surface area contributed by atoms with E-state index in [1.807, 2.05) is 31.2 Å². The molecule has 1 rings (SSSR count). The molecule has 4 nitrogen and oxygen atoms in total. The molecule has 1 aromatic rings. The number of amides is 1. The van der Waals surface area contributed by atoms with Crippen molar-refractivity contribution < 1.29 is 9.53 Å². The molecule has 0 aliphatic rings. The molecule has 17 heavy (non-hydrogen) atoms. The van der Waals surface area contributed by atoms with E-state index in [1.54, 1.807) is 7.11 Å². The fourth-order valence-electron chi connectivity index (χ4n) is 1.48. The number of carbonyl (C=O) groups excluding carboxylic acids is 1. The van der Waals surface area contributed by atoms with Crippen molar-refractivity contribution in [2.75, 3.05) is 19.0 Å². The van der Waals surface area contributed by atoms with Crippen molar-refractivity contribution in [3.63, 3.8) is 0 Å². The molecule has 0 bridgehead atoms. The summed E-state index contributed by atoms with van der Waals surface area (Å²) >= 11 is 0. The first-order valence-electron chi connectivity index (χ1n) is 5.82. The van der Waals surface area contributed by atoms with Crippen LogP contribution in [0, 0.1) is 0 Å². The molecule has 0 saturated heterocycles. The average molecular weight is 236 g/mol. The quantitative estimate of drug-likeness (QED) is 0.787. The lowest BCUT2D eigenvalue weighted by Crippen LogP contribution is -2.35. The highest BCUT2D eigenvalue weighted by atomic mass is 16.5. The van der Waals surface area contributed by atoms with Gasteiger partial charge in [-0.3, -0.25) is 4.79 Å². The van der Waals surface area contributed by atoms with E-state index in [0.29, 0.717) is 13.0 Å². The highest BCUT2D eigenvalue weighted by Crippen LogP contribution is 2.16. The summed E-state index contributed by atoms with van der Waals surface area (Å²) in [5, 5.41) is 2.85. The van der Waals surface area contributed by atoms with Crippen LogP contribution in [0.5, 0.6) is 0 Å². The molecular formula is C13H20N2O2. The molecule has 0 spiro atoms. The third-order valence-corrected chi connectivity index (χ3v) is 2.63. The summed E-state index contributed by atoms with van der Waals surface area (Å²) in [6.45, 7) is 2.52. The van der Waals surface area contributed by atoms with Crippen molar-refractivity contribution >= 4 is 11.6 Å². The molecular weight excluding hydrogens is 216 g/mol. The summed E-state index contributed by atoms with van der Waals surface area (Å²) < 4.78 is 5.04. The number of benzene rings is 1. The van der Waals surface area contributed by atoms with Crippen molar-refractivity contribution in [1.29, 1.82) is 0 Å². The minimum Gasteiger partial charge on any atom is -0.384 e. The summed E-state index contributed by atoms with van der Waals surface area (Å²) in [4.78, 5) is 11.7. The van der Waals surface area contributed by atoms with Gasteiger partial charge in [0.15, 0.2) is 0 Å². The molecule has 0 saturated carbocycles. The molecule has 0 aliphatic heterocycles. The van der Waals surface area contributed by atoms with Gasteiger partial charge in [0.25, 0.3) is 0 Å². The highest BCUT2D eigenvalue weighted by molar-refractivity contribution is 5.95. The number of carbonyl (C=O) groups is 1.